The van der Waals surface area contributed by atoms with Gasteiger partial charge in [-0.25, -0.2) is 0 Å². The molecule has 0 spiro atoms. The summed E-state index contributed by atoms with van der Waals surface area (Å²) in [6, 6.07) is 8.29. The van der Waals surface area contributed by atoms with Crippen LogP contribution in [0.25, 0.3) is 10.9 Å². The molecule has 1 unspecified atom stereocenters. The molecule has 2 aromatic rings. The molecule has 1 fully saturated rings. The topological polar surface area (TPSA) is 36.1 Å². The number of nitrogens with zero attached hydrogens (tertiary/aromatic N) is 1. The van der Waals surface area contributed by atoms with Crippen LogP contribution in [0, 0.1) is 5.92 Å². The maximum atomic E-state index is 12.4. The molecular weight excluding hydrogens is 260 g/mol. The van der Waals surface area contributed by atoms with Crippen LogP contribution in [0.4, 0.5) is 0 Å². The van der Waals surface area contributed by atoms with Crippen molar-refractivity contribution in [1.82, 2.24) is 9.88 Å². The van der Waals surface area contributed by atoms with Gasteiger partial charge >= 0.3 is 0 Å². The maximum absolute atomic E-state index is 12.4. The first-order valence-electron chi connectivity index (χ1n) is 8.07. The minimum absolute atomic E-state index is 0.314. The Kier molecular flexibility index (Phi) is 4.28. The average molecular weight is 284 g/mol. The third-order valence-electron chi connectivity index (χ3n) is 4.65. The van der Waals surface area contributed by atoms with Crippen LogP contribution in [0.2, 0.25) is 0 Å². The standard InChI is InChI=1S/C18H24N2O/c1-14-5-4-11-20(12-10-14)18(21)9-8-15-13-19-17-7-3-2-6-16(15)17/h2-3,6-7,13-14,19H,4-5,8-12H2,1H3. The summed E-state index contributed by atoms with van der Waals surface area (Å²) in [4.78, 5) is 17.8. The van der Waals surface area contributed by atoms with Crippen LogP contribution >= 0.6 is 0 Å². The van der Waals surface area contributed by atoms with Crippen LogP contribution in [0.1, 0.15) is 38.2 Å². The van der Waals surface area contributed by atoms with Crippen LogP contribution < -0.4 is 0 Å². The normalized spacial score (nSPS) is 19.7. The van der Waals surface area contributed by atoms with Crippen molar-refractivity contribution in [3.63, 3.8) is 0 Å². The smallest absolute Gasteiger partial charge is 0.222 e. The maximum Gasteiger partial charge on any atom is 0.222 e. The van der Waals surface area contributed by atoms with Crippen LogP contribution in [0.15, 0.2) is 30.5 Å². The van der Waals surface area contributed by atoms with Gasteiger partial charge in [0.2, 0.25) is 5.91 Å². The number of amides is 1. The van der Waals surface area contributed by atoms with Crippen molar-refractivity contribution in [1.29, 1.82) is 0 Å². The zero-order chi connectivity index (χ0) is 14.7. The summed E-state index contributed by atoms with van der Waals surface area (Å²) in [7, 11) is 0. The Bertz CT molecular complexity index is 616. The molecule has 0 saturated carbocycles. The lowest BCUT2D eigenvalue weighted by Gasteiger charge is -2.20. The van der Waals surface area contributed by atoms with Crippen LogP contribution in [0.3, 0.4) is 0 Å². The second-order valence-electron chi connectivity index (χ2n) is 6.28. The minimum Gasteiger partial charge on any atom is -0.361 e. The van der Waals surface area contributed by atoms with Gasteiger partial charge in [0.05, 0.1) is 0 Å². The molecular formula is C18H24N2O. The Hall–Kier alpha value is -1.77. The molecule has 0 aliphatic carbocycles. The van der Waals surface area contributed by atoms with Crippen molar-refractivity contribution in [3.05, 3.63) is 36.0 Å². The van der Waals surface area contributed by atoms with Crippen molar-refractivity contribution in [3.8, 4) is 0 Å². The van der Waals surface area contributed by atoms with E-state index in [1.807, 2.05) is 12.3 Å². The molecule has 112 valence electrons. The van der Waals surface area contributed by atoms with Crippen LogP contribution in [0.5, 0.6) is 0 Å². The number of H-pyrrole nitrogens is 1. The Morgan fingerprint density at radius 2 is 2.14 bits per heavy atom. The predicted octanol–water partition coefficient (Wildman–Crippen LogP) is 3.75. The molecule has 1 saturated heterocycles. The summed E-state index contributed by atoms with van der Waals surface area (Å²) >= 11 is 0. The zero-order valence-corrected chi connectivity index (χ0v) is 12.8. The third-order valence-corrected chi connectivity index (χ3v) is 4.65. The summed E-state index contributed by atoms with van der Waals surface area (Å²) in [5.41, 5.74) is 2.41. The van der Waals surface area contributed by atoms with Gasteiger partial charge in [-0.3, -0.25) is 4.79 Å². The van der Waals surface area contributed by atoms with E-state index in [2.05, 4.69) is 35.0 Å². The Balaban J connectivity index is 1.60. The first-order valence-corrected chi connectivity index (χ1v) is 8.07. The molecule has 3 nitrogen and oxygen atoms in total. The van der Waals surface area contributed by atoms with E-state index in [9.17, 15) is 4.79 Å². The number of aromatic amines is 1. The molecule has 2 heterocycles. The van der Waals surface area contributed by atoms with E-state index in [1.54, 1.807) is 0 Å². The highest BCUT2D eigenvalue weighted by atomic mass is 16.2. The Labute approximate surface area is 126 Å². The van der Waals surface area contributed by atoms with Crippen LogP contribution in [-0.4, -0.2) is 28.9 Å². The number of aromatic nitrogens is 1. The largest absolute Gasteiger partial charge is 0.361 e. The number of aryl methyl sites for hydroxylation is 1. The molecule has 1 aliphatic rings. The third kappa shape index (κ3) is 3.29. The zero-order valence-electron chi connectivity index (χ0n) is 12.8. The second-order valence-corrected chi connectivity index (χ2v) is 6.28. The molecule has 3 rings (SSSR count). The summed E-state index contributed by atoms with van der Waals surface area (Å²) in [5.74, 6) is 1.07. The molecule has 0 radical (unpaired) electrons. The first kappa shape index (κ1) is 14.2. The fourth-order valence-corrected chi connectivity index (χ4v) is 3.25. The lowest BCUT2D eigenvalue weighted by atomic mass is 10.0. The second kappa shape index (κ2) is 6.33. The van der Waals surface area contributed by atoms with Gasteiger partial charge in [-0.1, -0.05) is 25.1 Å². The van der Waals surface area contributed by atoms with E-state index in [1.165, 1.54) is 17.4 Å². The number of nitrogens with one attached hydrogen (secondary N) is 1. The van der Waals surface area contributed by atoms with Gasteiger partial charge < -0.3 is 9.88 Å². The fourth-order valence-electron chi connectivity index (χ4n) is 3.25. The van der Waals surface area contributed by atoms with Crippen molar-refractivity contribution >= 4 is 16.8 Å². The number of carbonyl (C=O) groups is 1. The molecule has 1 amide bonds. The molecule has 1 N–H and O–H groups in total. The number of likely N-dealkylation sites (tertiary alicyclic amines) is 1. The highest BCUT2D eigenvalue weighted by molar-refractivity contribution is 5.84. The summed E-state index contributed by atoms with van der Waals surface area (Å²) < 4.78 is 0. The van der Waals surface area contributed by atoms with Crippen molar-refractivity contribution in [2.45, 2.75) is 39.0 Å². The van der Waals surface area contributed by atoms with E-state index >= 15 is 0 Å². The quantitative estimate of drug-likeness (QED) is 0.915. The number of carbonyl (C=O) groups excluding carboxylic acids is 1. The van der Waals surface area contributed by atoms with Gasteiger partial charge in [0.25, 0.3) is 0 Å². The van der Waals surface area contributed by atoms with Crippen molar-refractivity contribution < 1.29 is 4.79 Å². The number of hydrogen-bond acceptors (Lipinski definition) is 1. The summed E-state index contributed by atoms with van der Waals surface area (Å²) in [5, 5.41) is 1.25. The molecule has 1 aromatic carbocycles. The van der Waals surface area contributed by atoms with Gasteiger partial charge in [0, 0.05) is 36.6 Å². The van der Waals surface area contributed by atoms with Crippen LogP contribution in [-0.2, 0) is 11.2 Å². The summed E-state index contributed by atoms with van der Waals surface area (Å²) in [6.45, 7) is 4.17. The molecule has 1 atom stereocenters. The van der Waals surface area contributed by atoms with E-state index in [0.717, 1.165) is 43.8 Å². The highest BCUT2D eigenvalue weighted by Crippen LogP contribution is 2.20. The van der Waals surface area contributed by atoms with Gasteiger partial charge in [-0.2, -0.15) is 0 Å². The first-order chi connectivity index (χ1) is 10.2. The predicted molar refractivity (Wildman–Crippen MR) is 86.2 cm³/mol. The number of hydrogen-bond donors (Lipinski definition) is 1. The Morgan fingerprint density at radius 1 is 1.29 bits per heavy atom. The molecule has 21 heavy (non-hydrogen) atoms. The van der Waals surface area contributed by atoms with Gasteiger partial charge in [-0.05, 0) is 43.2 Å². The number of para-hydroxylation sites is 1. The van der Waals surface area contributed by atoms with Gasteiger partial charge in [0.15, 0.2) is 0 Å². The highest BCUT2D eigenvalue weighted by Gasteiger charge is 2.18. The van der Waals surface area contributed by atoms with Gasteiger partial charge in [-0.15, -0.1) is 0 Å². The molecule has 1 aromatic heterocycles. The molecule has 0 bridgehead atoms. The average Bonchev–Trinajstić information content (AvgIpc) is 2.78. The van der Waals surface area contributed by atoms with E-state index in [4.69, 9.17) is 0 Å². The van der Waals surface area contributed by atoms with E-state index < -0.39 is 0 Å². The fraction of sp³-hybridized carbons (Fsp3) is 0.500. The number of rotatable bonds is 3. The minimum atomic E-state index is 0.314. The van der Waals surface area contributed by atoms with Crippen molar-refractivity contribution in [2.75, 3.05) is 13.1 Å². The SMILES string of the molecule is CC1CCCN(C(=O)CCc2c[nH]c3ccccc23)CC1. The van der Waals surface area contributed by atoms with Gasteiger partial charge in [0.1, 0.15) is 0 Å². The molecule has 3 heteroatoms. The van der Waals surface area contributed by atoms with E-state index in [-0.39, 0.29) is 0 Å². The number of fused-ring (bicyclic) bond motifs is 1. The monoisotopic (exact) mass is 284 g/mol. The Morgan fingerprint density at radius 3 is 3.05 bits per heavy atom. The number of benzene rings is 1. The van der Waals surface area contributed by atoms with Crippen molar-refractivity contribution in [2.24, 2.45) is 5.92 Å². The summed E-state index contributed by atoms with van der Waals surface area (Å²) in [6.07, 6.45) is 7.05. The lowest BCUT2D eigenvalue weighted by Crippen LogP contribution is -2.32. The van der Waals surface area contributed by atoms with E-state index in [0.29, 0.717) is 12.3 Å². The molecule has 1 aliphatic heterocycles. The lowest BCUT2D eigenvalue weighted by molar-refractivity contribution is -0.131.